The predicted molar refractivity (Wildman–Crippen MR) is 110 cm³/mol. The normalized spacial score (nSPS) is 18.5. The Kier molecular flexibility index (Phi) is 6.26. The molecule has 3 rings (SSSR count). The van der Waals surface area contributed by atoms with E-state index in [9.17, 15) is 9.59 Å². The minimum Gasteiger partial charge on any atom is -0.325 e. The van der Waals surface area contributed by atoms with Gasteiger partial charge in [-0.1, -0.05) is 53.2 Å². The van der Waals surface area contributed by atoms with Gasteiger partial charge in [0, 0.05) is 17.1 Å². The van der Waals surface area contributed by atoms with E-state index in [4.69, 9.17) is 11.6 Å². The Bertz CT molecular complexity index is 895. The van der Waals surface area contributed by atoms with Crippen molar-refractivity contribution in [3.8, 4) is 0 Å². The Hall–Kier alpha value is -2.64. The second-order valence-electron chi connectivity index (χ2n) is 5.92. The third-order valence-electron chi connectivity index (χ3n) is 3.71. The van der Waals surface area contributed by atoms with E-state index in [0.29, 0.717) is 15.9 Å². The molecule has 0 bridgehead atoms. The molecule has 6 nitrogen and oxygen atoms in total. The zero-order valence-electron chi connectivity index (χ0n) is 14.5. The minimum atomic E-state index is -0.581. The number of halogens is 1. The number of rotatable bonds is 4. The van der Waals surface area contributed by atoms with Crippen LogP contribution in [0.1, 0.15) is 17.5 Å². The molecule has 8 heteroatoms. The number of nitrogens with one attached hydrogen (secondary N) is 2. The molecule has 0 spiro atoms. The molecule has 0 radical (unpaired) electrons. The van der Waals surface area contributed by atoms with Crippen molar-refractivity contribution < 1.29 is 9.59 Å². The molecular weight excluding hydrogens is 384 g/mol. The molecule has 1 aliphatic heterocycles. The molecule has 27 heavy (non-hydrogen) atoms. The van der Waals surface area contributed by atoms with E-state index in [1.54, 1.807) is 30.5 Å². The number of aryl methyl sites for hydroxylation is 1. The average molecular weight is 401 g/mol. The van der Waals surface area contributed by atoms with E-state index < -0.39 is 5.25 Å². The summed E-state index contributed by atoms with van der Waals surface area (Å²) in [6.07, 6.45) is 1.67. The summed E-state index contributed by atoms with van der Waals surface area (Å²) < 4.78 is 0. The first-order valence-corrected chi connectivity index (χ1v) is 9.46. The Morgan fingerprint density at radius 1 is 1.22 bits per heavy atom. The molecule has 2 amide bonds. The van der Waals surface area contributed by atoms with Gasteiger partial charge in [-0.05, 0) is 36.8 Å². The van der Waals surface area contributed by atoms with Crippen molar-refractivity contribution in [3.05, 3.63) is 64.7 Å². The molecule has 2 aromatic rings. The van der Waals surface area contributed by atoms with E-state index in [2.05, 4.69) is 20.8 Å². The standard InChI is InChI=1S/C19H17ClN4O2S/c1-12-2-4-13(5-3-12)11-21-24-19-23-17(25)10-16(27-19)18(26)22-15-8-6-14(20)7-9-15/h2-9,11,16H,10H2,1H3,(H,22,26)(H,23,24,25)/b21-11-/t16-/m0/s1. The molecule has 2 aromatic carbocycles. The van der Waals surface area contributed by atoms with Crippen LogP contribution in [0.3, 0.4) is 0 Å². The summed E-state index contributed by atoms with van der Waals surface area (Å²) in [5.41, 5.74) is 2.67. The quantitative estimate of drug-likeness (QED) is 0.607. The summed E-state index contributed by atoms with van der Waals surface area (Å²) >= 11 is 7.01. The van der Waals surface area contributed by atoms with Crippen LogP contribution in [-0.2, 0) is 9.59 Å². The average Bonchev–Trinajstić information content (AvgIpc) is 2.65. The third-order valence-corrected chi connectivity index (χ3v) is 5.03. The molecule has 0 unspecified atom stereocenters. The smallest absolute Gasteiger partial charge is 0.238 e. The number of carbonyl (C=O) groups excluding carboxylic acids is 2. The van der Waals surface area contributed by atoms with Crippen LogP contribution in [0.2, 0.25) is 5.02 Å². The highest BCUT2D eigenvalue weighted by atomic mass is 35.5. The summed E-state index contributed by atoms with van der Waals surface area (Å²) in [5, 5.41) is 13.7. The van der Waals surface area contributed by atoms with E-state index >= 15 is 0 Å². The van der Waals surface area contributed by atoms with E-state index in [0.717, 1.165) is 11.1 Å². The maximum atomic E-state index is 12.4. The van der Waals surface area contributed by atoms with E-state index in [1.165, 1.54) is 11.8 Å². The Morgan fingerprint density at radius 3 is 2.63 bits per heavy atom. The van der Waals surface area contributed by atoms with Gasteiger partial charge in [-0.3, -0.25) is 9.59 Å². The molecule has 0 aromatic heterocycles. The van der Waals surface area contributed by atoms with Crippen LogP contribution in [0.25, 0.3) is 0 Å². The van der Waals surface area contributed by atoms with Crippen LogP contribution in [0.5, 0.6) is 0 Å². The fourth-order valence-corrected chi connectivity index (χ4v) is 3.36. The van der Waals surface area contributed by atoms with Gasteiger partial charge < -0.3 is 10.6 Å². The molecule has 138 valence electrons. The van der Waals surface area contributed by atoms with Crippen molar-refractivity contribution in [1.82, 2.24) is 5.32 Å². The fourth-order valence-electron chi connectivity index (χ4n) is 2.30. The fraction of sp³-hybridized carbons (Fsp3) is 0.158. The van der Waals surface area contributed by atoms with Gasteiger partial charge in [-0.2, -0.15) is 5.10 Å². The first-order chi connectivity index (χ1) is 13.0. The van der Waals surface area contributed by atoms with Crippen molar-refractivity contribution in [2.45, 2.75) is 18.6 Å². The number of nitrogens with zero attached hydrogens (tertiary/aromatic N) is 2. The summed E-state index contributed by atoms with van der Waals surface area (Å²) in [6.45, 7) is 2.00. The number of benzene rings is 2. The summed E-state index contributed by atoms with van der Waals surface area (Å²) in [7, 11) is 0. The molecule has 1 fully saturated rings. The van der Waals surface area contributed by atoms with Gasteiger partial charge in [0.05, 0.1) is 6.21 Å². The largest absolute Gasteiger partial charge is 0.325 e. The van der Waals surface area contributed by atoms with Crippen LogP contribution in [0.4, 0.5) is 5.69 Å². The zero-order valence-corrected chi connectivity index (χ0v) is 16.1. The van der Waals surface area contributed by atoms with Gasteiger partial charge in [0.25, 0.3) is 0 Å². The number of hydrogen-bond donors (Lipinski definition) is 2. The molecule has 1 heterocycles. The maximum absolute atomic E-state index is 12.4. The van der Waals surface area contributed by atoms with Crippen LogP contribution >= 0.6 is 23.4 Å². The molecule has 1 saturated heterocycles. The van der Waals surface area contributed by atoms with Crippen LogP contribution in [-0.4, -0.2) is 28.4 Å². The maximum Gasteiger partial charge on any atom is 0.238 e. The van der Waals surface area contributed by atoms with Crippen molar-refractivity contribution in [2.75, 3.05) is 5.32 Å². The summed E-state index contributed by atoms with van der Waals surface area (Å²) in [4.78, 5) is 24.3. The predicted octanol–water partition coefficient (Wildman–Crippen LogP) is 3.60. The molecule has 0 saturated carbocycles. The van der Waals surface area contributed by atoms with Crippen molar-refractivity contribution in [1.29, 1.82) is 0 Å². The summed E-state index contributed by atoms with van der Waals surface area (Å²) in [5.74, 6) is -0.540. The van der Waals surface area contributed by atoms with Gasteiger partial charge in [0.15, 0.2) is 5.17 Å². The Morgan fingerprint density at radius 2 is 1.93 bits per heavy atom. The molecule has 1 atom stereocenters. The lowest BCUT2D eigenvalue weighted by Gasteiger charge is -2.21. The molecule has 0 aliphatic carbocycles. The zero-order chi connectivity index (χ0) is 19.2. The summed E-state index contributed by atoms with van der Waals surface area (Å²) in [6, 6.07) is 14.6. The topological polar surface area (TPSA) is 82.9 Å². The number of amidine groups is 1. The van der Waals surface area contributed by atoms with Crippen molar-refractivity contribution in [2.24, 2.45) is 10.2 Å². The highest BCUT2D eigenvalue weighted by molar-refractivity contribution is 8.15. The first-order valence-electron chi connectivity index (χ1n) is 8.20. The first kappa shape index (κ1) is 19.1. The molecular formula is C19H17ClN4O2S. The van der Waals surface area contributed by atoms with Gasteiger partial charge in [-0.15, -0.1) is 5.10 Å². The Balaban J connectivity index is 1.64. The van der Waals surface area contributed by atoms with Gasteiger partial charge in [0.2, 0.25) is 11.8 Å². The number of amides is 2. The van der Waals surface area contributed by atoms with Crippen LogP contribution in [0, 0.1) is 6.92 Å². The second kappa shape index (κ2) is 8.83. The minimum absolute atomic E-state index is 0.0742. The van der Waals surface area contributed by atoms with Crippen molar-refractivity contribution >= 4 is 52.2 Å². The number of thioether (sulfide) groups is 1. The lowest BCUT2D eigenvalue weighted by molar-refractivity contribution is -0.123. The second-order valence-corrected chi connectivity index (χ2v) is 7.54. The third kappa shape index (κ3) is 5.67. The van der Waals surface area contributed by atoms with E-state index in [-0.39, 0.29) is 18.2 Å². The molecule has 1 aliphatic rings. The number of carbonyl (C=O) groups is 2. The monoisotopic (exact) mass is 400 g/mol. The van der Waals surface area contributed by atoms with Gasteiger partial charge >= 0.3 is 0 Å². The van der Waals surface area contributed by atoms with Gasteiger partial charge in [-0.25, -0.2) is 0 Å². The molecule has 2 N–H and O–H groups in total. The van der Waals surface area contributed by atoms with Gasteiger partial charge in [0.1, 0.15) is 5.25 Å². The highest BCUT2D eigenvalue weighted by Gasteiger charge is 2.30. The van der Waals surface area contributed by atoms with Crippen molar-refractivity contribution in [3.63, 3.8) is 0 Å². The highest BCUT2D eigenvalue weighted by Crippen LogP contribution is 2.23. The van der Waals surface area contributed by atoms with Crippen LogP contribution in [0.15, 0.2) is 58.7 Å². The number of anilines is 1. The van der Waals surface area contributed by atoms with Crippen LogP contribution < -0.4 is 10.6 Å². The lowest BCUT2D eigenvalue weighted by atomic mass is 10.2. The van der Waals surface area contributed by atoms with E-state index in [1.807, 2.05) is 31.2 Å². The Labute approximate surface area is 166 Å². The lowest BCUT2D eigenvalue weighted by Crippen LogP contribution is -2.41. The SMILES string of the molecule is Cc1ccc(/C=N\N=C2NC(=O)C[C@@H](C(=O)Nc3ccc(Cl)cc3)S2)cc1. The number of hydrogen-bond acceptors (Lipinski definition) is 5.